The van der Waals surface area contributed by atoms with E-state index < -0.39 is 10.0 Å². The number of fused-ring (bicyclic) bond motifs is 1. The number of anilines is 1. The highest BCUT2D eigenvalue weighted by molar-refractivity contribution is 7.92. The molecule has 0 spiro atoms. The molecule has 1 aromatic carbocycles. The van der Waals surface area contributed by atoms with Crippen LogP contribution in [0.15, 0.2) is 41.4 Å². The summed E-state index contributed by atoms with van der Waals surface area (Å²) in [4.78, 5) is 16.9. The fourth-order valence-corrected chi connectivity index (χ4v) is 5.09. The molecule has 0 radical (unpaired) electrons. The van der Waals surface area contributed by atoms with Crippen LogP contribution in [0.4, 0.5) is 5.69 Å². The van der Waals surface area contributed by atoms with Gasteiger partial charge in [-0.15, -0.1) is 0 Å². The first kappa shape index (κ1) is 19.0. The predicted octanol–water partition coefficient (Wildman–Crippen LogP) is 3.00. The number of amides is 1. The summed E-state index contributed by atoms with van der Waals surface area (Å²) in [6, 6.07) is 7.65. The number of aromatic nitrogens is 1. The number of ether oxygens (including phenoxy) is 1. The van der Waals surface area contributed by atoms with Crippen molar-refractivity contribution in [2.45, 2.75) is 36.6 Å². The van der Waals surface area contributed by atoms with Crippen LogP contribution in [0, 0.1) is 0 Å². The summed E-state index contributed by atoms with van der Waals surface area (Å²) in [5, 5.41) is 3.44. The first-order valence-corrected chi connectivity index (χ1v) is 11.0. The molecular formula is C19H20ClN3O4S. The van der Waals surface area contributed by atoms with Crippen LogP contribution in [0.1, 0.15) is 36.0 Å². The van der Waals surface area contributed by atoms with Crippen molar-refractivity contribution in [3.63, 3.8) is 0 Å². The molecule has 1 fully saturated rings. The van der Waals surface area contributed by atoms with Crippen LogP contribution in [0.2, 0.25) is 5.02 Å². The molecule has 9 heteroatoms. The number of nitrogens with one attached hydrogen (secondary N) is 1. The van der Waals surface area contributed by atoms with E-state index in [2.05, 4.69) is 10.3 Å². The largest absolute Gasteiger partial charge is 0.474 e. The van der Waals surface area contributed by atoms with Crippen molar-refractivity contribution in [3.8, 4) is 5.88 Å². The Bertz CT molecular complexity index is 989. The van der Waals surface area contributed by atoms with Gasteiger partial charge in [-0.05, 0) is 43.2 Å². The van der Waals surface area contributed by atoms with E-state index in [1.54, 1.807) is 0 Å². The first-order chi connectivity index (χ1) is 13.4. The summed E-state index contributed by atoms with van der Waals surface area (Å²) < 4.78 is 33.0. The highest BCUT2D eigenvalue weighted by atomic mass is 35.5. The zero-order valence-electron chi connectivity index (χ0n) is 15.1. The minimum atomic E-state index is -3.83. The summed E-state index contributed by atoms with van der Waals surface area (Å²) in [6.45, 7) is 0.313. The maximum atomic E-state index is 13.1. The van der Waals surface area contributed by atoms with Gasteiger partial charge in [-0.2, -0.15) is 0 Å². The molecule has 28 heavy (non-hydrogen) atoms. The van der Waals surface area contributed by atoms with Crippen molar-refractivity contribution in [1.82, 2.24) is 10.3 Å². The van der Waals surface area contributed by atoms with Crippen molar-refractivity contribution in [3.05, 3.63) is 47.1 Å². The molecule has 1 amide bonds. The highest BCUT2D eigenvalue weighted by Gasteiger charge is 2.32. The fourth-order valence-electron chi connectivity index (χ4n) is 3.52. The highest BCUT2D eigenvalue weighted by Crippen LogP contribution is 2.34. The predicted molar refractivity (Wildman–Crippen MR) is 105 cm³/mol. The number of sulfonamides is 1. The van der Waals surface area contributed by atoms with E-state index in [0.29, 0.717) is 10.6 Å². The standard InChI is InChI=1S/C19H20ClN3O4S/c20-14-5-7-16(8-6-14)28(25,26)23-9-10-27-19-17(23)11-13(12-21-19)18(24)22-15-3-1-2-4-15/h5-8,11-12,15H,1-4,9-10H2,(H,22,24). The second-order valence-corrected chi connectivity index (χ2v) is 9.18. The molecule has 2 aromatic rings. The van der Waals surface area contributed by atoms with Gasteiger partial charge in [0.2, 0.25) is 5.88 Å². The van der Waals surface area contributed by atoms with Crippen molar-refractivity contribution in [2.75, 3.05) is 17.5 Å². The lowest BCUT2D eigenvalue weighted by Gasteiger charge is -2.30. The zero-order chi connectivity index (χ0) is 19.7. The van der Waals surface area contributed by atoms with E-state index in [1.165, 1.54) is 40.8 Å². The van der Waals surface area contributed by atoms with Gasteiger partial charge < -0.3 is 10.1 Å². The summed E-state index contributed by atoms with van der Waals surface area (Å²) >= 11 is 5.87. The van der Waals surface area contributed by atoms with Gasteiger partial charge in [0.1, 0.15) is 12.3 Å². The second kappa shape index (κ2) is 7.60. The maximum absolute atomic E-state index is 13.1. The third-order valence-corrected chi connectivity index (χ3v) is 7.07. The van der Waals surface area contributed by atoms with Gasteiger partial charge in [0.15, 0.2) is 0 Å². The Labute approximate surface area is 168 Å². The number of hydrogen-bond donors (Lipinski definition) is 1. The van der Waals surface area contributed by atoms with E-state index in [0.717, 1.165) is 25.7 Å². The van der Waals surface area contributed by atoms with E-state index in [9.17, 15) is 13.2 Å². The van der Waals surface area contributed by atoms with Gasteiger partial charge in [-0.1, -0.05) is 24.4 Å². The molecule has 1 saturated carbocycles. The maximum Gasteiger partial charge on any atom is 0.264 e. The Hall–Kier alpha value is -2.32. The number of nitrogens with zero attached hydrogens (tertiary/aromatic N) is 2. The Morgan fingerprint density at radius 2 is 1.93 bits per heavy atom. The van der Waals surface area contributed by atoms with Gasteiger partial charge in [-0.3, -0.25) is 9.10 Å². The van der Waals surface area contributed by atoms with Gasteiger partial charge in [0.05, 0.1) is 17.0 Å². The topological polar surface area (TPSA) is 88.6 Å². The molecular weight excluding hydrogens is 402 g/mol. The zero-order valence-corrected chi connectivity index (χ0v) is 16.7. The SMILES string of the molecule is O=C(NC1CCCC1)c1cnc2c(c1)N(S(=O)(=O)c1ccc(Cl)cc1)CCO2. The number of pyridine rings is 1. The molecule has 1 aromatic heterocycles. The van der Waals surface area contributed by atoms with E-state index in [1.807, 2.05) is 0 Å². The molecule has 0 unspecified atom stereocenters. The lowest BCUT2D eigenvalue weighted by atomic mass is 10.2. The number of benzene rings is 1. The van der Waals surface area contributed by atoms with E-state index >= 15 is 0 Å². The first-order valence-electron chi connectivity index (χ1n) is 9.17. The van der Waals surface area contributed by atoms with Crippen molar-refractivity contribution >= 4 is 33.2 Å². The minimum Gasteiger partial charge on any atom is -0.474 e. The molecule has 1 aliphatic heterocycles. The Kier molecular flexibility index (Phi) is 5.16. The van der Waals surface area contributed by atoms with Crippen molar-refractivity contribution in [1.29, 1.82) is 0 Å². The number of rotatable bonds is 4. The quantitative estimate of drug-likeness (QED) is 0.819. The van der Waals surface area contributed by atoms with Crippen LogP contribution >= 0.6 is 11.6 Å². The lowest BCUT2D eigenvalue weighted by molar-refractivity contribution is 0.0937. The number of halogens is 1. The smallest absolute Gasteiger partial charge is 0.264 e. The Morgan fingerprint density at radius 3 is 2.64 bits per heavy atom. The fraction of sp³-hybridized carbons (Fsp3) is 0.368. The van der Waals surface area contributed by atoms with Gasteiger partial charge >= 0.3 is 0 Å². The Morgan fingerprint density at radius 1 is 1.21 bits per heavy atom. The van der Waals surface area contributed by atoms with Gasteiger partial charge in [0.25, 0.3) is 15.9 Å². The number of carbonyl (C=O) groups is 1. The van der Waals surface area contributed by atoms with Crippen LogP contribution in [0.3, 0.4) is 0 Å². The Balaban J connectivity index is 1.66. The summed E-state index contributed by atoms with van der Waals surface area (Å²) in [7, 11) is -3.83. The average Bonchev–Trinajstić information content (AvgIpc) is 3.20. The monoisotopic (exact) mass is 421 g/mol. The molecule has 2 aliphatic rings. The normalized spacial score (nSPS) is 17.1. The van der Waals surface area contributed by atoms with Crippen LogP contribution in [0.5, 0.6) is 5.88 Å². The minimum absolute atomic E-state index is 0.116. The van der Waals surface area contributed by atoms with Crippen LogP contribution < -0.4 is 14.4 Å². The second-order valence-electron chi connectivity index (χ2n) is 6.88. The van der Waals surface area contributed by atoms with Crippen molar-refractivity contribution < 1.29 is 17.9 Å². The third-order valence-electron chi connectivity index (χ3n) is 4.99. The van der Waals surface area contributed by atoms with E-state index in [-0.39, 0.29) is 41.6 Å². The number of carbonyl (C=O) groups excluding carboxylic acids is 1. The molecule has 1 aliphatic carbocycles. The third kappa shape index (κ3) is 3.66. The van der Waals surface area contributed by atoms with Gasteiger partial charge in [-0.25, -0.2) is 13.4 Å². The molecule has 4 rings (SSSR count). The summed E-state index contributed by atoms with van der Waals surface area (Å²) in [5.74, 6) is -0.0576. The van der Waals surface area contributed by atoms with Gasteiger partial charge in [0, 0.05) is 17.3 Å². The molecule has 1 N–H and O–H groups in total. The molecule has 0 bridgehead atoms. The molecule has 2 heterocycles. The lowest BCUT2D eigenvalue weighted by Crippen LogP contribution is -2.39. The summed E-state index contributed by atoms with van der Waals surface area (Å²) in [6.07, 6.45) is 5.55. The number of hydrogen-bond acceptors (Lipinski definition) is 5. The molecule has 0 atom stereocenters. The van der Waals surface area contributed by atoms with Crippen molar-refractivity contribution in [2.24, 2.45) is 0 Å². The van der Waals surface area contributed by atoms with Crippen LogP contribution in [-0.4, -0.2) is 38.5 Å². The molecule has 0 saturated heterocycles. The van der Waals surface area contributed by atoms with Crippen LogP contribution in [-0.2, 0) is 10.0 Å². The average molecular weight is 422 g/mol. The molecule has 148 valence electrons. The molecule has 7 nitrogen and oxygen atoms in total. The van der Waals surface area contributed by atoms with Crippen LogP contribution in [0.25, 0.3) is 0 Å². The summed E-state index contributed by atoms with van der Waals surface area (Å²) in [5.41, 5.74) is 0.577. The van der Waals surface area contributed by atoms with E-state index in [4.69, 9.17) is 16.3 Å².